The Morgan fingerprint density at radius 1 is 0.946 bits per heavy atom. The van der Waals surface area contributed by atoms with Gasteiger partial charge in [-0.25, -0.2) is 4.79 Å². The van der Waals surface area contributed by atoms with Crippen LogP contribution in [0.5, 0.6) is 0 Å². The number of carbonyl (C=O) groups excluding carboxylic acids is 2. The summed E-state index contributed by atoms with van der Waals surface area (Å²) in [4.78, 5) is 49.1. The van der Waals surface area contributed by atoms with Gasteiger partial charge in [-0.2, -0.15) is 0 Å². The second-order valence-corrected chi connectivity index (χ2v) is 8.45. The number of benzene rings is 4. The molecule has 2 atom stereocenters. The molecule has 4 aromatic rings. The molecule has 0 radical (unpaired) electrons. The van der Waals surface area contributed by atoms with Crippen LogP contribution in [0.3, 0.4) is 0 Å². The third-order valence-corrected chi connectivity index (χ3v) is 6.18. The van der Waals surface area contributed by atoms with Gasteiger partial charge in [0.05, 0.1) is 23.5 Å². The Kier molecular flexibility index (Phi) is 7.43. The van der Waals surface area contributed by atoms with Crippen molar-refractivity contribution in [1.82, 2.24) is 5.32 Å². The molecule has 0 bridgehead atoms. The fourth-order valence-corrected chi connectivity index (χ4v) is 4.48. The third-order valence-electron chi connectivity index (χ3n) is 6.18. The van der Waals surface area contributed by atoms with Crippen molar-refractivity contribution in [2.45, 2.75) is 25.3 Å². The van der Waals surface area contributed by atoms with E-state index >= 15 is 0 Å². The molecule has 9 nitrogen and oxygen atoms in total. The highest BCUT2D eigenvalue weighted by molar-refractivity contribution is 6.18. The molecule has 0 aromatic heterocycles. The summed E-state index contributed by atoms with van der Waals surface area (Å²) in [7, 11) is 0. The fourth-order valence-electron chi connectivity index (χ4n) is 4.48. The van der Waals surface area contributed by atoms with E-state index in [0.717, 1.165) is 10.8 Å². The zero-order chi connectivity index (χ0) is 26.5. The highest BCUT2D eigenvalue weighted by atomic mass is 16.6. The largest absolute Gasteiger partial charge is 0.480 e. The number of nitrogens with zero attached hydrogens (tertiary/aromatic N) is 1. The topological polar surface area (TPSA) is 136 Å². The number of rotatable bonds is 9. The van der Waals surface area contributed by atoms with E-state index < -0.39 is 34.7 Å². The molecular formula is C28H24N2O7. The van der Waals surface area contributed by atoms with Gasteiger partial charge in [-0.3, -0.25) is 19.7 Å². The molecule has 0 saturated carbocycles. The quantitative estimate of drug-likeness (QED) is 0.145. The first-order valence-electron chi connectivity index (χ1n) is 11.6. The monoisotopic (exact) mass is 500 g/mol. The Labute approximate surface area is 211 Å². The molecule has 0 saturated heterocycles. The number of amides is 1. The van der Waals surface area contributed by atoms with Crippen LogP contribution in [0.1, 0.15) is 35.2 Å². The molecule has 4 rings (SSSR count). The number of carboxylic acids is 1. The van der Waals surface area contributed by atoms with Crippen LogP contribution in [0.25, 0.3) is 21.5 Å². The van der Waals surface area contributed by atoms with Crippen LogP contribution in [0.2, 0.25) is 0 Å². The number of carbonyl (C=O) groups is 3. The number of nitro benzene ring substituents is 1. The van der Waals surface area contributed by atoms with Gasteiger partial charge in [0.25, 0.3) is 11.6 Å². The average molecular weight is 501 g/mol. The summed E-state index contributed by atoms with van der Waals surface area (Å²) in [6.07, 6.45) is -0.348. The second-order valence-electron chi connectivity index (χ2n) is 8.45. The van der Waals surface area contributed by atoms with Gasteiger partial charge in [-0.15, -0.1) is 0 Å². The van der Waals surface area contributed by atoms with E-state index in [0.29, 0.717) is 21.9 Å². The lowest BCUT2D eigenvalue weighted by molar-refractivity contribution is -0.384. The minimum absolute atomic E-state index is 0.0951. The van der Waals surface area contributed by atoms with Crippen molar-refractivity contribution in [3.05, 3.63) is 100 Å². The lowest BCUT2D eigenvalue weighted by Gasteiger charge is -2.25. The predicted octanol–water partition coefficient (Wildman–Crippen LogP) is 4.82. The minimum atomic E-state index is -1.52. The molecule has 0 aliphatic heterocycles. The molecule has 0 heterocycles. The van der Waals surface area contributed by atoms with Gasteiger partial charge >= 0.3 is 11.9 Å². The predicted molar refractivity (Wildman–Crippen MR) is 137 cm³/mol. The molecule has 9 heteroatoms. The summed E-state index contributed by atoms with van der Waals surface area (Å²) in [5, 5.41) is 26.8. The Balaban J connectivity index is 1.78. The molecule has 0 unspecified atom stereocenters. The van der Waals surface area contributed by atoms with E-state index in [4.69, 9.17) is 4.74 Å². The van der Waals surface area contributed by atoms with E-state index in [1.54, 1.807) is 31.2 Å². The maximum atomic E-state index is 13.7. The first-order valence-corrected chi connectivity index (χ1v) is 11.6. The van der Waals surface area contributed by atoms with Crippen LogP contribution >= 0.6 is 0 Å². The lowest BCUT2D eigenvalue weighted by Crippen LogP contribution is -2.45. The van der Waals surface area contributed by atoms with Gasteiger partial charge in [0.1, 0.15) is 6.04 Å². The lowest BCUT2D eigenvalue weighted by atomic mass is 9.87. The molecule has 0 spiro atoms. The fraction of sp³-hybridized carbons (Fsp3) is 0.179. The maximum Gasteiger partial charge on any atom is 0.326 e. The molecule has 37 heavy (non-hydrogen) atoms. The van der Waals surface area contributed by atoms with Crippen molar-refractivity contribution in [2.75, 3.05) is 6.61 Å². The van der Waals surface area contributed by atoms with Crippen molar-refractivity contribution in [2.24, 2.45) is 0 Å². The maximum absolute atomic E-state index is 13.7. The van der Waals surface area contributed by atoms with Crippen molar-refractivity contribution >= 4 is 45.1 Å². The van der Waals surface area contributed by atoms with Crippen LogP contribution < -0.4 is 5.32 Å². The zero-order valence-electron chi connectivity index (χ0n) is 19.9. The first-order chi connectivity index (χ1) is 17.8. The number of aliphatic carboxylic acids is 1. The van der Waals surface area contributed by atoms with E-state index in [1.165, 1.54) is 24.3 Å². The third kappa shape index (κ3) is 5.40. The summed E-state index contributed by atoms with van der Waals surface area (Å²) < 4.78 is 5.04. The minimum Gasteiger partial charge on any atom is -0.480 e. The summed E-state index contributed by atoms with van der Waals surface area (Å²) in [5.74, 6) is -3.66. The average Bonchev–Trinajstić information content (AvgIpc) is 2.89. The molecule has 0 fully saturated rings. The van der Waals surface area contributed by atoms with Crippen molar-refractivity contribution in [1.29, 1.82) is 0 Å². The van der Waals surface area contributed by atoms with E-state index in [-0.39, 0.29) is 18.7 Å². The smallest absolute Gasteiger partial charge is 0.326 e. The van der Waals surface area contributed by atoms with Gasteiger partial charge in [0, 0.05) is 18.1 Å². The number of nitro groups is 1. The van der Waals surface area contributed by atoms with Gasteiger partial charge in [-0.05, 0) is 40.1 Å². The van der Waals surface area contributed by atoms with E-state index in [2.05, 4.69) is 5.32 Å². The van der Waals surface area contributed by atoms with Gasteiger partial charge in [0.15, 0.2) is 0 Å². The van der Waals surface area contributed by atoms with Crippen LogP contribution in [0.4, 0.5) is 5.69 Å². The normalized spacial score (nSPS) is 12.6. The van der Waals surface area contributed by atoms with Crippen LogP contribution in [0.15, 0.2) is 78.9 Å². The van der Waals surface area contributed by atoms with Crippen molar-refractivity contribution in [3.8, 4) is 0 Å². The number of ether oxygens (including phenoxy) is 1. The standard InChI is InChI=1S/C28H24N2O7/c1-2-37-24(31)16-23(17-11-13-20(14-12-17)30(35)36)26(28(33)34)29-27(32)25-21-9-5-3-7-18(21)15-19-8-4-6-10-22(19)25/h3-15,23,26H,2,16H2,1H3,(H,29,32)(H,33,34)/t23-,26-/m0/s1. The molecule has 0 aliphatic carbocycles. The van der Waals surface area contributed by atoms with Gasteiger partial charge in [-0.1, -0.05) is 60.7 Å². The SMILES string of the molecule is CCOC(=O)C[C@@H](c1ccc([N+](=O)[O-])cc1)[C@H](NC(=O)c1c2ccccc2cc2ccccc12)C(=O)O. The molecule has 188 valence electrons. The van der Waals surface area contributed by atoms with Crippen LogP contribution in [-0.4, -0.2) is 40.5 Å². The van der Waals surface area contributed by atoms with E-state index in [9.17, 15) is 29.6 Å². The summed E-state index contributed by atoms with van der Waals surface area (Å²) in [6.45, 7) is 1.72. The van der Waals surface area contributed by atoms with Crippen LogP contribution in [0, 0.1) is 10.1 Å². The Bertz CT molecular complexity index is 1440. The van der Waals surface area contributed by atoms with Gasteiger partial charge < -0.3 is 15.2 Å². The number of non-ortho nitro benzene ring substituents is 1. The Morgan fingerprint density at radius 2 is 1.51 bits per heavy atom. The number of nitrogens with one attached hydrogen (secondary N) is 1. The molecular weight excluding hydrogens is 476 g/mol. The molecule has 1 amide bonds. The second kappa shape index (κ2) is 10.9. The number of fused-ring (bicyclic) bond motifs is 2. The summed E-state index contributed by atoms with van der Waals surface area (Å²) in [6, 6.07) is 20.3. The number of hydrogen-bond donors (Lipinski definition) is 2. The number of hydrogen-bond acceptors (Lipinski definition) is 6. The Morgan fingerprint density at radius 3 is 2.03 bits per heavy atom. The molecule has 4 aromatic carbocycles. The van der Waals surface area contributed by atoms with E-state index in [1.807, 2.05) is 30.3 Å². The van der Waals surface area contributed by atoms with Gasteiger partial charge in [0.2, 0.25) is 0 Å². The molecule has 0 aliphatic rings. The molecule has 2 N–H and O–H groups in total. The van der Waals surface area contributed by atoms with Crippen molar-refractivity contribution in [3.63, 3.8) is 0 Å². The Hall–Kier alpha value is -4.79. The van der Waals surface area contributed by atoms with Crippen LogP contribution in [-0.2, 0) is 14.3 Å². The summed E-state index contributed by atoms with van der Waals surface area (Å²) in [5.41, 5.74) is 0.476. The number of carboxylic acid groups (broad SMARTS) is 1. The highest BCUT2D eigenvalue weighted by Gasteiger charge is 2.34. The first kappa shape index (κ1) is 25.3. The van der Waals surface area contributed by atoms with Crippen molar-refractivity contribution < 1.29 is 29.2 Å². The number of esters is 1. The zero-order valence-corrected chi connectivity index (χ0v) is 19.9. The highest BCUT2D eigenvalue weighted by Crippen LogP contribution is 2.31. The summed E-state index contributed by atoms with van der Waals surface area (Å²) >= 11 is 0.